The molecule has 1 aliphatic rings. The SMILES string of the molecule is O=C(O)C=CC(=O)Nc1ccc2c(c1)-c1ccccc1C2O. The number of carbonyl (C=O) groups is 2. The molecule has 22 heavy (non-hydrogen) atoms. The molecule has 0 saturated carbocycles. The minimum Gasteiger partial charge on any atom is -0.478 e. The smallest absolute Gasteiger partial charge is 0.328 e. The van der Waals surface area contributed by atoms with Crippen molar-refractivity contribution in [2.75, 3.05) is 5.32 Å². The van der Waals surface area contributed by atoms with E-state index < -0.39 is 18.0 Å². The van der Waals surface area contributed by atoms with E-state index >= 15 is 0 Å². The van der Waals surface area contributed by atoms with E-state index in [-0.39, 0.29) is 0 Å². The first-order chi connectivity index (χ1) is 10.6. The van der Waals surface area contributed by atoms with Crippen LogP contribution < -0.4 is 5.32 Å². The molecule has 0 heterocycles. The second-order valence-corrected chi connectivity index (χ2v) is 4.95. The van der Waals surface area contributed by atoms with Crippen LogP contribution in [0.4, 0.5) is 5.69 Å². The zero-order valence-electron chi connectivity index (χ0n) is 11.5. The van der Waals surface area contributed by atoms with Gasteiger partial charge in [-0.2, -0.15) is 0 Å². The first-order valence-electron chi connectivity index (χ1n) is 6.69. The van der Waals surface area contributed by atoms with Crippen LogP contribution in [0.3, 0.4) is 0 Å². The average molecular weight is 295 g/mol. The summed E-state index contributed by atoms with van der Waals surface area (Å²) in [5.74, 6) is -1.70. The Hall–Kier alpha value is -2.92. The van der Waals surface area contributed by atoms with Crippen LogP contribution in [0, 0.1) is 0 Å². The van der Waals surface area contributed by atoms with Crippen LogP contribution in [0.5, 0.6) is 0 Å². The van der Waals surface area contributed by atoms with Gasteiger partial charge < -0.3 is 15.5 Å². The van der Waals surface area contributed by atoms with Crippen LogP contribution >= 0.6 is 0 Å². The van der Waals surface area contributed by atoms with Gasteiger partial charge in [-0.1, -0.05) is 30.3 Å². The number of anilines is 1. The highest BCUT2D eigenvalue weighted by Gasteiger charge is 2.26. The molecule has 3 rings (SSSR count). The summed E-state index contributed by atoms with van der Waals surface area (Å²) in [6, 6.07) is 12.8. The molecule has 3 N–H and O–H groups in total. The highest BCUT2D eigenvalue weighted by atomic mass is 16.4. The Morgan fingerprint density at radius 3 is 2.50 bits per heavy atom. The maximum Gasteiger partial charge on any atom is 0.328 e. The van der Waals surface area contributed by atoms with Crippen molar-refractivity contribution in [2.24, 2.45) is 0 Å². The number of nitrogens with one attached hydrogen (secondary N) is 1. The van der Waals surface area contributed by atoms with Crippen molar-refractivity contribution in [1.29, 1.82) is 0 Å². The zero-order valence-corrected chi connectivity index (χ0v) is 11.5. The third-order valence-corrected chi connectivity index (χ3v) is 3.54. The maximum atomic E-state index is 11.6. The number of amides is 1. The lowest BCUT2D eigenvalue weighted by Crippen LogP contribution is -2.08. The van der Waals surface area contributed by atoms with Gasteiger partial charge in [0.05, 0.1) is 0 Å². The third kappa shape index (κ3) is 2.49. The van der Waals surface area contributed by atoms with Crippen LogP contribution in [0.25, 0.3) is 11.1 Å². The van der Waals surface area contributed by atoms with E-state index in [2.05, 4.69) is 5.32 Å². The molecule has 0 radical (unpaired) electrons. The summed E-state index contributed by atoms with van der Waals surface area (Å²) in [7, 11) is 0. The van der Waals surface area contributed by atoms with Gasteiger partial charge in [-0.15, -0.1) is 0 Å². The van der Waals surface area contributed by atoms with Crippen molar-refractivity contribution >= 4 is 17.6 Å². The van der Waals surface area contributed by atoms with Crippen molar-refractivity contribution in [1.82, 2.24) is 0 Å². The minimum absolute atomic E-state index is 0.519. The summed E-state index contributed by atoms with van der Waals surface area (Å²) in [6.07, 6.45) is 1.07. The number of fused-ring (bicyclic) bond motifs is 3. The molecule has 0 saturated heterocycles. The number of hydrogen-bond acceptors (Lipinski definition) is 3. The van der Waals surface area contributed by atoms with Crippen LogP contribution in [-0.2, 0) is 9.59 Å². The molecule has 110 valence electrons. The summed E-state index contributed by atoms with van der Waals surface area (Å²) in [4.78, 5) is 22.0. The average Bonchev–Trinajstić information content (AvgIpc) is 2.79. The fraction of sp³-hybridized carbons (Fsp3) is 0.0588. The van der Waals surface area contributed by atoms with E-state index in [0.29, 0.717) is 5.69 Å². The molecule has 1 amide bonds. The summed E-state index contributed by atoms with van der Waals surface area (Å²) in [5, 5.41) is 21.4. The fourth-order valence-corrected chi connectivity index (χ4v) is 2.58. The quantitative estimate of drug-likeness (QED) is 0.758. The van der Waals surface area contributed by atoms with Crippen molar-refractivity contribution in [3.8, 4) is 11.1 Å². The standard InChI is InChI=1S/C17H13NO4/c19-15(7-8-16(20)21)18-10-5-6-13-14(9-10)11-3-1-2-4-12(11)17(13)22/h1-9,17,22H,(H,18,19)(H,20,21). The molecule has 1 unspecified atom stereocenters. The van der Waals surface area contributed by atoms with Gasteiger partial charge in [0.25, 0.3) is 0 Å². The molecular weight excluding hydrogens is 282 g/mol. The van der Waals surface area contributed by atoms with E-state index in [1.807, 2.05) is 24.3 Å². The zero-order chi connectivity index (χ0) is 15.7. The molecular formula is C17H13NO4. The number of carboxylic acids is 1. The highest BCUT2D eigenvalue weighted by molar-refractivity contribution is 6.02. The number of hydrogen-bond donors (Lipinski definition) is 3. The maximum absolute atomic E-state index is 11.6. The van der Waals surface area contributed by atoms with Crippen LogP contribution in [0.1, 0.15) is 17.2 Å². The Labute approximate surface area is 126 Å². The largest absolute Gasteiger partial charge is 0.478 e. The number of rotatable bonds is 3. The Morgan fingerprint density at radius 1 is 1.00 bits per heavy atom. The van der Waals surface area contributed by atoms with Gasteiger partial charge in [0.2, 0.25) is 5.91 Å². The predicted octanol–water partition coefficient (Wildman–Crippen LogP) is 2.33. The van der Waals surface area contributed by atoms with Gasteiger partial charge in [-0.25, -0.2) is 4.79 Å². The summed E-state index contributed by atoms with van der Waals surface area (Å²) in [6.45, 7) is 0. The molecule has 0 aliphatic heterocycles. The number of carbonyl (C=O) groups excluding carboxylic acids is 1. The van der Waals surface area contributed by atoms with Crippen molar-refractivity contribution in [3.05, 3.63) is 65.7 Å². The molecule has 0 spiro atoms. The molecule has 2 aromatic rings. The number of aliphatic hydroxyl groups excluding tert-OH is 1. The Balaban J connectivity index is 1.90. The lowest BCUT2D eigenvalue weighted by molar-refractivity contribution is -0.131. The Kier molecular flexibility index (Phi) is 3.48. The number of benzene rings is 2. The fourth-order valence-electron chi connectivity index (χ4n) is 2.58. The summed E-state index contributed by atoms with van der Waals surface area (Å²) >= 11 is 0. The van der Waals surface area contributed by atoms with E-state index in [9.17, 15) is 14.7 Å². The van der Waals surface area contributed by atoms with E-state index in [4.69, 9.17) is 5.11 Å². The molecule has 5 nitrogen and oxygen atoms in total. The Morgan fingerprint density at radius 2 is 1.73 bits per heavy atom. The second kappa shape index (κ2) is 5.46. The molecule has 1 atom stereocenters. The molecule has 5 heteroatoms. The van der Waals surface area contributed by atoms with Crippen molar-refractivity contribution < 1.29 is 19.8 Å². The van der Waals surface area contributed by atoms with E-state index in [1.54, 1.807) is 18.2 Å². The number of aliphatic carboxylic acids is 1. The molecule has 0 fully saturated rings. The molecule has 0 bridgehead atoms. The predicted molar refractivity (Wildman–Crippen MR) is 81.3 cm³/mol. The van der Waals surface area contributed by atoms with Gasteiger partial charge in [0, 0.05) is 17.8 Å². The molecule has 1 aliphatic carbocycles. The van der Waals surface area contributed by atoms with Crippen molar-refractivity contribution in [2.45, 2.75) is 6.10 Å². The van der Waals surface area contributed by atoms with Gasteiger partial charge in [-0.05, 0) is 34.4 Å². The number of carboxylic acid groups (broad SMARTS) is 1. The minimum atomic E-state index is -1.18. The van der Waals surface area contributed by atoms with Crippen LogP contribution in [0.2, 0.25) is 0 Å². The lowest BCUT2D eigenvalue weighted by atomic mass is 10.1. The normalized spacial score (nSPS) is 15.4. The van der Waals surface area contributed by atoms with Gasteiger partial charge in [0.1, 0.15) is 6.10 Å². The van der Waals surface area contributed by atoms with Gasteiger partial charge in [-0.3, -0.25) is 4.79 Å². The second-order valence-electron chi connectivity index (χ2n) is 4.95. The van der Waals surface area contributed by atoms with E-state index in [0.717, 1.165) is 34.4 Å². The van der Waals surface area contributed by atoms with Gasteiger partial charge in [0.15, 0.2) is 0 Å². The van der Waals surface area contributed by atoms with Crippen LogP contribution in [-0.4, -0.2) is 22.1 Å². The van der Waals surface area contributed by atoms with E-state index in [1.165, 1.54) is 0 Å². The molecule has 0 aromatic heterocycles. The summed E-state index contributed by atoms with van der Waals surface area (Å²) < 4.78 is 0. The molecule has 2 aromatic carbocycles. The topological polar surface area (TPSA) is 86.6 Å². The van der Waals surface area contributed by atoms with Crippen LogP contribution in [0.15, 0.2) is 54.6 Å². The summed E-state index contributed by atoms with van der Waals surface area (Å²) in [5.41, 5.74) is 3.97. The highest BCUT2D eigenvalue weighted by Crippen LogP contribution is 2.44. The monoisotopic (exact) mass is 295 g/mol. The first kappa shape index (κ1) is 14.0. The lowest BCUT2D eigenvalue weighted by Gasteiger charge is -2.07. The van der Waals surface area contributed by atoms with Crippen molar-refractivity contribution in [3.63, 3.8) is 0 Å². The first-order valence-corrected chi connectivity index (χ1v) is 6.69. The number of aliphatic hydroxyl groups is 1. The third-order valence-electron chi connectivity index (χ3n) is 3.54. The Bertz CT molecular complexity index is 795. The van der Waals surface area contributed by atoms with Gasteiger partial charge >= 0.3 is 5.97 Å².